The number of fused-ring (bicyclic) bond motifs is 1. The molecule has 0 spiro atoms. The molecule has 0 aliphatic carbocycles. The number of carboxylic acid groups (broad SMARTS) is 1. The van der Waals surface area contributed by atoms with E-state index in [1.165, 1.54) is 5.56 Å². The summed E-state index contributed by atoms with van der Waals surface area (Å²) in [6.45, 7) is 7.82. The number of nitrogens with two attached hydrogens (primary N) is 1. The van der Waals surface area contributed by atoms with Crippen LogP contribution in [0, 0.1) is 33.6 Å². The summed E-state index contributed by atoms with van der Waals surface area (Å²) in [5.74, 6) is -2.92. The van der Waals surface area contributed by atoms with E-state index in [4.69, 9.17) is 15.6 Å². The van der Waals surface area contributed by atoms with Crippen molar-refractivity contribution in [3.63, 3.8) is 0 Å². The Morgan fingerprint density at radius 2 is 1.54 bits per heavy atom. The van der Waals surface area contributed by atoms with Crippen molar-refractivity contribution in [2.24, 2.45) is 11.7 Å². The second kappa shape index (κ2) is 15.6. The molecular weight excluding hydrogens is 578 g/mol. The Bertz CT molecular complexity index is 1820. The lowest BCUT2D eigenvalue weighted by molar-refractivity contribution is -0.140. The van der Waals surface area contributed by atoms with Crippen LogP contribution in [0.1, 0.15) is 39.3 Å². The van der Waals surface area contributed by atoms with Crippen LogP contribution in [0.25, 0.3) is 10.8 Å². The number of benzene rings is 4. The smallest absolute Gasteiger partial charge is 0.319 e. The first-order valence-electron chi connectivity index (χ1n) is 15.0. The Labute approximate surface area is 269 Å². The van der Waals surface area contributed by atoms with Gasteiger partial charge in [-0.1, -0.05) is 77.4 Å². The number of aryl methyl sites for hydroxylation is 4. The molecule has 0 radical (unpaired) electrons. The number of carbonyl (C=O) groups excluding carboxylic acids is 2. The summed E-state index contributed by atoms with van der Waals surface area (Å²) in [5.41, 5.74) is 12.5. The predicted molar refractivity (Wildman–Crippen MR) is 181 cm³/mol. The number of hydrogen-bond acceptors (Lipinski definition) is 6. The number of para-hydroxylation sites is 1. The molecule has 1 amide bonds. The fourth-order valence-electron chi connectivity index (χ4n) is 5.39. The average molecular weight is 618 g/mol. The van der Waals surface area contributed by atoms with Gasteiger partial charge in [-0.25, -0.2) is 0 Å². The van der Waals surface area contributed by atoms with Crippen LogP contribution in [0.2, 0.25) is 0 Å². The summed E-state index contributed by atoms with van der Waals surface area (Å²) in [4.78, 5) is 41.3. The Balaban J connectivity index is 0.000000337. The van der Waals surface area contributed by atoms with Crippen molar-refractivity contribution in [3.8, 4) is 5.75 Å². The highest BCUT2D eigenvalue weighted by Gasteiger charge is 2.36. The topological polar surface area (TPSA) is 132 Å². The van der Waals surface area contributed by atoms with Crippen LogP contribution in [-0.4, -0.2) is 34.5 Å². The number of aliphatic carboxylic acids is 1. The van der Waals surface area contributed by atoms with Gasteiger partial charge in [0.25, 0.3) is 0 Å². The number of nitrogens with zero attached hydrogens (tertiary/aromatic N) is 1. The Morgan fingerprint density at radius 1 is 0.826 bits per heavy atom. The van der Waals surface area contributed by atoms with E-state index in [0.29, 0.717) is 17.0 Å². The maximum absolute atomic E-state index is 13.4. The van der Waals surface area contributed by atoms with E-state index in [9.17, 15) is 14.4 Å². The summed E-state index contributed by atoms with van der Waals surface area (Å²) in [7, 11) is 0. The SMILES string of the molecule is Cc1cc(C)cc(C(C(=O)Oc2ccccc2)C(CN)C(=O)Nc2ccc3cnccc3c2)c1.Cc1ccc(CC(=O)O)c(C)c1. The molecule has 0 fully saturated rings. The zero-order chi connectivity index (χ0) is 33.2. The Morgan fingerprint density at radius 3 is 2.20 bits per heavy atom. The summed E-state index contributed by atoms with van der Waals surface area (Å²) >= 11 is 0. The lowest BCUT2D eigenvalue weighted by atomic mass is 9.84. The molecule has 0 bridgehead atoms. The molecule has 0 saturated carbocycles. The molecule has 2 unspecified atom stereocenters. The largest absolute Gasteiger partial charge is 0.481 e. The quantitative estimate of drug-likeness (QED) is 0.124. The van der Waals surface area contributed by atoms with Crippen LogP contribution in [0.15, 0.2) is 103 Å². The van der Waals surface area contributed by atoms with Gasteiger partial charge >= 0.3 is 11.9 Å². The van der Waals surface area contributed by atoms with Gasteiger partial charge in [0.1, 0.15) is 5.75 Å². The summed E-state index contributed by atoms with van der Waals surface area (Å²) in [5, 5.41) is 13.4. The van der Waals surface area contributed by atoms with Gasteiger partial charge in [0.05, 0.1) is 18.3 Å². The van der Waals surface area contributed by atoms with Crippen molar-refractivity contribution in [1.29, 1.82) is 0 Å². The van der Waals surface area contributed by atoms with Crippen molar-refractivity contribution in [2.75, 3.05) is 11.9 Å². The Hall–Kier alpha value is -5.34. The molecule has 46 heavy (non-hydrogen) atoms. The number of pyridine rings is 1. The first kappa shape index (κ1) is 33.6. The van der Waals surface area contributed by atoms with Crippen LogP contribution < -0.4 is 15.8 Å². The normalized spacial score (nSPS) is 11.9. The highest BCUT2D eigenvalue weighted by Crippen LogP contribution is 2.30. The van der Waals surface area contributed by atoms with E-state index < -0.39 is 23.8 Å². The molecule has 0 aliphatic heterocycles. The molecule has 5 aromatic rings. The maximum Gasteiger partial charge on any atom is 0.319 e. The number of nitrogens with one attached hydrogen (secondary N) is 1. The highest BCUT2D eigenvalue weighted by molar-refractivity contribution is 5.99. The minimum Gasteiger partial charge on any atom is -0.481 e. The van der Waals surface area contributed by atoms with Gasteiger partial charge in [-0.3, -0.25) is 19.4 Å². The van der Waals surface area contributed by atoms with Crippen LogP contribution in [-0.2, 0) is 20.8 Å². The molecule has 1 heterocycles. The number of aromatic nitrogens is 1. The van der Waals surface area contributed by atoms with Gasteiger partial charge in [-0.2, -0.15) is 0 Å². The van der Waals surface area contributed by atoms with E-state index in [-0.39, 0.29) is 18.9 Å². The molecule has 2 atom stereocenters. The molecule has 5 rings (SSSR count). The lowest BCUT2D eigenvalue weighted by Crippen LogP contribution is -2.39. The second-order valence-electron chi connectivity index (χ2n) is 11.4. The van der Waals surface area contributed by atoms with Gasteiger partial charge in [0.15, 0.2) is 0 Å². The number of anilines is 1. The molecule has 236 valence electrons. The van der Waals surface area contributed by atoms with Crippen molar-refractivity contribution in [2.45, 2.75) is 40.0 Å². The molecular formula is C38H39N3O5. The van der Waals surface area contributed by atoms with E-state index in [1.54, 1.807) is 36.7 Å². The summed E-state index contributed by atoms with van der Waals surface area (Å²) < 4.78 is 5.67. The molecule has 4 aromatic carbocycles. The average Bonchev–Trinajstić information content (AvgIpc) is 3.01. The summed E-state index contributed by atoms with van der Waals surface area (Å²) in [6, 6.07) is 27.9. The van der Waals surface area contributed by atoms with E-state index in [1.807, 2.05) is 94.4 Å². The third kappa shape index (κ3) is 9.09. The van der Waals surface area contributed by atoms with Crippen LogP contribution in [0.5, 0.6) is 5.75 Å². The zero-order valence-electron chi connectivity index (χ0n) is 26.5. The molecule has 1 aromatic heterocycles. The van der Waals surface area contributed by atoms with Crippen molar-refractivity contribution in [3.05, 3.63) is 137 Å². The van der Waals surface area contributed by atoms with Crippen LogP contribution in [0.3, 0.4) is 0 Å². The number of ether oxygens (including phenoxy) is 1. The fourth-order valence-corrected chi connectivity index (χ4v) is 5.39. The van der Waals surface area contributed by atoms with Crippen LogP contribution >= 0.6 is 0 Å². The van der Waals surface area contributed by atoms with Crippen molar-refractivity contribution < 1.29 is 24.2 Å². The monoisotopic (exact) mass is 617 g/mol. The number of carbonyl (C=O) groups is 3. The fraction of sp³-hybridized carbons (Fsp3) is 0.211. The van der Waals surface area contributed by atoms with Crippen molar-refractivity contribution >= 4 is 34.3 Å². The summed E-state index contributed by atoms with van der Waals surface area (Å²) in [6.07, 6.45) is 3.58. The number of esters is 1. The molecule has 4 N–H and O–H groups in total. The Kier molecular flexibility index (Phi) is 11.4. The minimum atomic E-state index is -0.867. The second-order valence-corrected chi connectivity index (χ2v) is 11.4. The molecule has 8 heteroatoms. The third-order valence-electron chi connectivity index (χ3n) is 7.56. The van der Waals surface area contributed by atoms with Crippen LogP contribution in [0.4, 0.5) is 5.69 Å². The van der Waals surface area contributed by atoms with Gasteiger partial charge in [-0.15, -0.1) is 0 Å². The van der Waals surface area contributed by atoms with Crippen molar-refractivity contribution in [1.82, 2.24) is 4.98 Å². The van der Waals surface area contributed by atoms with E-state index in [2.05, 4.69) is 10.3 Å². The maximum atomic E-state index is 13.4. The third-order valence-corrected chi connectivity index (χ3v) is 7.56. The predicted octanol–water partition coefficient (Wildman–Crippen LogP) is 6.68. The van der Waals surface area contributed by atoms with Gasteiger partial charge in [0, 0.05) is 30.0 Å². The number of rotatable bonds is 9. The number of carboxylic acids is 1. The first-order chi connectivity index (χ1) is 22.0. The van der Waals surface area contributed by atoms with Gasteiger partial charge in [0.2, 0.25) is 5.91 Å². The first-order valence-corrected chi connectivity index (χ1v) is 15.0. The number of amides is 1. The molecule has 8 nitrogen and oxygen atoms in total. The van der Waals surface area contributed by atoms with Gasteiger partial charge < -0.3 is 20.9 Å². The van der Waals surface area contributed by atoms with Gasteiger partial charge in [-0.05, 0) is 80.1 Å². The standard InChI is InChI=1S/C28H27N3O3.C10H12O2/c1-18-12-19(2)14-22(13-18)26(28(33)34-24-6-4-3-5-7-24)25(16-29)27(32)31-23-9-8-21-17-30-11-10-20(21)15-23;1-7-3-4-9(6-10(11)12)8(2)5-7/h3-15,17,25-26H,16,29H2,1-2H3,(H,31,32);3-5H,6H2,1-2H3,(H,11,12). The minimum absolute atomic E-state index is 0.0229. The highest BCUT2D eigenvalue weighted by atomic mass is 16.5. The van der Waals surface area contributed by atoms with E-state index >= 15 is 0 Å². The lowest BCUT2D eigenvalue weighted by Gasteiger charge is -2.25. The molecule has 0 aliphatic rings. The number of hydrogen-bond donors (Lipinski definition) is 3. The molecule has 0 saturated heterocycles. The van der Waals surface area contributed by atoms with E-state index in [0.717, 1.165) is 33.0 Å². The zero-order valence-corrected chi connectivity index (χ0v) is 26.5.